The first-order valence-electron chi connectivity index (χ1n) is 5.64. The van der Waals surface area contributed by atoms with Gasteiger partial charge in [-0.15, -0.1) is 4.40 Å². The molecule has 7 nitrogen and oxygen atoms in total. The number of fused-ring (bicyclic) bond motifs is 1. The molecule has 0 aromatic heterocycles. The summed E-state index contributed by atoms with van der Waals surface area (Å²) in [5, 5.41) is 11.3. The van der Waals surface area contributed by atoms with Crippen molar-refractivity contribution in [2.45, 2.75) is 11.3 Å². The fourth-order valence-corrected chi connectivity index (χ4v) is 2.82. The van der Waals surface area contributed by atoms with Crippen LogP contribution < -0.4 is 5.32 Å². The van der Waals surface area contributed by atoms with E-state index >= 15 is 0 Å². The average Bonchev–Trinajstić information content (AvgIpc) is 2.36. The number of sulfonamides is 1. The minimum absolute atomic E-state index is 0.00496. The zero-order valence-electron chi connectivity index (χ0n) is 10.5. The topological polar surface area (TPSA) is 99.1 Å². The van der Waals surface area contributed by atoms with E-state index in [4.69, 9.17) is 5.11 Å². The second-order valence-corrected chi connectivity index (χ2v) is 5.79. The molecule has 0 spiro atoms. The number of nitrogens with one attached hydrogen (secondary N) is 1. The van der Waals surface area contributed by atoms with Crippen molar-refractivity contribution in [3.8, 4) is 0 Å². The Labute approximate surface area is 114 Å². The van der Waals surface area contributed by atoms with Crippen LogP contribution in [0, 0.1) is 5.82 Å². The quantitative estimate of drug-likeness (QED) is 0.852. The Bertz CT molecular complexity index is 687. The Hall–Kier alpha value is -2.16. The Morgan fingerprint density at radius 3 is 2.85 bits per heavy atom. The van der Waals surface area contributed by atoms with Crippen LogP contribution in [0.5, 0.6) is 0 Å². The molecule has 0 unspecified atom stereocenters. The van der Waals surface area contributed by atoms with Gasteiger partial charge in [0.05, 0.1) is 12.1 Å². The zero-order chi connectivity index (χ0) is 14.9. The maximum Gasteiger partial charge on any atom is 0.305 e. The fraction of sp³-hybridized carbons (Fsp3) is 0.273. The summed E-state index contributed by atoms with van der Waals surface area (Å²) in [6, 6.07) is 3.30. The number of carboxylic acids is 1. The van der Waals surface area contributed by atoms with Crippen LogP contribution in [0.1, 0.15) is 6.42 Å². The number of hydrogen-bond donors (Lipinski definition) is 2. The number of hydrogen-bond acceptors (Lipinski definition) is 5. The normalized spacial score (nSPS) is 15.8. The monoisotopic (exact) mass is 301 g/mol. The predicted molar refractivity (Wildman–Crippen MR) is 69.5 cm³/mol. The molecule has 1 heterocycles. The summed E-state index contributed by atoms with van der Waals surface area (Å²) in [6.07, 6.45) is -0.159. The van der Waals surface area contributed by atoms with Crippen LogP contribution in [0.15, 0.2) is 27.5 Å². The highest BCUT2D eigenvalue weighted by atomic mass is 32.2. The second kappa shape index (κ2) is 5.08. The summed E-state index contributed by atoms with van der Waals surface area (Å²) in [4.78, 5) is 11.6. The maximum absolute atomic E-state index is 13.1. The van der Waals surface area contributed by atoms with E-state index in [1.54, 1.807) is 0 Å². The van der Waals surface area contributed by atoms with Gasteiger partial charge in [-0.25, -0.2) is 4.39 Å². The van der Waals surface area contributed by atoms with Crippen LogP contribution in [-0.4, -0.2) is 43.9 Å². The van der Waals surface area contributed by atoms with Gasteiger partial charge in [0.25, 0.3) is 10.0 Å². The van der Waals surface area contributed by atoms with Gasteiger partial charge in [-0.2, -0.15) is 8.42 Å². The van der Waals surface area contributed by atoms with Gasteiger partial charge >= 0.3 is 5.97 Å². The molecule has 1 aliphatic rings. The fourth-order valence-electron chi connectivity index (χ4n) is 1.65. The van der Waals surface area contributed by atoms with Gasteiger partial charge in [-0.1, -0.05) is 0 Å². The first-order chi connectivity index (χ1) is 9.29. The van der Waals surface area contributed by atoms with Crippen LogP contribution in [-0.2, 0) is 14.8 Å². The molecule has 0 saturated carbocycles. The van der Waals surface area contributed by atoms with Crippen LogP contribution >= 0.6 is 0 Å². The molecule has 2 N–H and O–H groups in total. The number of halogens is 1. The van der Waals surface area contributed by atoms with E-state index in [0.717, 1.165) is 12.1 Å². The van der Waals surface area contributed by atoms with Crippen LogP contribution in [0.25, 0.3) is 0 Å². The number of rotatable bonds is 3. The predicted octanol–water partition coefficient (Wildman–Crippen LogP) is 0.702. The van der Waals surface area contributed by atoms with Gasteiger partial charge in [0, 0.05) is 13.6 Å². The molecule has 0 atom stereocenters. The van der Waals surface area contributed by atoms with Crippen molar-refractivity contribution in [2.24, 2.45) is 4.40 Å². The molecule has 0 radical (unpaired) electrons. The lowest BCUT2D eigenvalue weighted by molar-refractivity contribution is -0.137. The molecule has 9 heteroatoms. The summed E-state index contributed by atoms with van der Waals surface area (Å²) >= 11 is 0. The first kappa shape index (κ1) is 14.3. The summed E-state index contributed by atoms with van der Waals surface area (Å²) in [7, 11) is -2.49. The second-order valence-electron chi connectivity index (χ2n) is 4.22. The van der Waals surface area contributed by atoms with Gasteiger partial charge in [0.1, 0.15) is 10.7 Å². The summed E-state index contributed by atoms with van der Waals surface area (Å²) in [6.45, 7) is 0.0905. The number of anilines is 1. The van der Waals surface area contributed by atoms with Crippen LogP contribution in [0.2, 0.25) is 0 Å². The van der Waals surface area contributed by atoms with Gasteiger partial charge in [-0.3, -0.25) is 4.79 Å². The van der Waals surface area contributed by atoms with E-state index in [-0.39, 0.29) is 29.5 Å². The van der Waals surface area contributed by atoms with Gasteiger partial charge in [0.15, 0.2) is 0 Å². The molecule has 0 saturated heterocycles. The van der Waals surface area contributed by atoms with E-state index in [1.165, 1.54) is 18.0 Å². The summed E-state index contributed by atoms with van der Waals surface area (Å²) < 4.78 is 40.5. The van der Waals surface area contributed by atoms with Crippen LogP contribution in [0.3, 0.4) is 0 Å². The highest BCUT2D eigenvalue weighted by Crippen LogP contribution is 2.28. The molecule has 1 aromatic rings. The zero-order valence-corrected chi connectivity index (χ0v) is 11.3. The van der Waals surface area contributed by atoms with E-state index < -0.39 is 21.8 Å². The molecule has 108 valence electrons. The van der Waals surface area contributed by atoms with Gasteiger partial charge < -0.3 is 15.3 Å². The number of carbonyl (C=O) groups is 1. The summed E-state index contributed by atoms with van der Waals surface area (Å²) in [5.74, 6) is -1.67. The highest BCUT2D eigenvalue weighted by Gasteiger charge is 2.27. The Kier molecular flexibility index (Phi) is 3.62. The molecule has 2 rings (SSSR count). The van der Waals surface area contributed by atoms with E-state index in [0.29, 0.717) is 0 Å². The molecule has 0 amide bonds. The number of nitrogens with zero attached hydrogens (tertiary/aromatic N) is 2. The minimum Gasteiger partial charge on any atom is -0.481 e. The van der Waals surface area contributed by atoms with Crippen LogP contribution in [0.4, 0.5) is 10.1 Å². The minimum atomic E-state index is -4.00. The molecule has 0 bridgehead atoms. The highest BCUT2D eigenvalue weighted by molar-refractivity contribution is 7.90. The van der Waals surface area contributed by atoms with E-state index in [9.17, 15) is 17.6 Å². The lowest BCUT2D eigenvalue weighted by Gasteiger charge is -2.25. The van der Waals surface area contributed by atoms with Crippen molar-refractivity contribution in [2.75, 3.05) is 18.9 Å². The van der Waals surface area contributed by atoms with Crippen molar-refractivity contribution < 1.29 is 22.7 Å². The number of aliphatic carboxylic acids is 1. The lowest BCUT2D eigenvalue weighted by Crippen LogP contribution is -2.37. The van der Waals surface area contributed by atoms with E-state index in [2.05, 4.69) is 9.71 Å². The third-order valence-corrected chi connectivity index (χ3v) is 4.00. The lowest BCUT2D eigenvalue weighted by atomic mass is 10.3. The van der Waals surface area contributed by atoms with Gasteiger partial charge in [-0.05, 0) is 18.2 Å². The Balaban J connectivity index is 2.30. The van der Waals surface area contributed by atoms with Crippen molar-refractivity contribution in [3.63, 3.8) is 0 Å². The molecule has 0 aliphatic carbocycles. The molecular weight excluding hydrogens is 289 g/mol. The number of benzene rings is 1. The van der Waals surface area contributed by atoms with Crippen molar-refractivity contribution in [1.29, 1.82) is 0 Å². The Morgan fingerprint density at radius 2 is 2.20 bits per heavy atom. The number of guanidine groups is 1. The summed E-state index contributed by atoms with van der Waals surface area (Å²) in [5.41, 5.74) is 0.207. The largest absolute Gasteiger partial charge is 0.481 e. The molecule has 1 aliphatic heterocycles. The average molecular weight is 301 g/mol. The smallest absolute Gasteiger partial charge is 0.305 e. The number of carboxylic acid groups (broad SMARTS) is 1. The molecule has 0 fully saturated rings. The van der Waals surface area contributed by atoms with Crippen molar-refractivity contribution >= 4 is 27.6 Å². The van der Waals surface area contributed by atoms with Crippen molar-refractivity contribution in [1.82, 2.24) is 4.90 Å². The Morgan fingerprint density at radius 1 is 1.50 bits per heavy atom. The molecular formula is C11H12FN3O4S. The van der Waals surface area contributed by atoms with E-state index in [1.807, 2.05) is 0 Å². The molecule has 20 heavy (non-hydrogen) atoms. The standard InChI is InChI=1S/C11H12FN3O4S/c1-15(5-4-10(16)17)11-13-8-3-2-7(12)6-9(8)20(18,19)14-11/h2-3,6H,4-5H2,1H3,(H,13,14)(H,16,17). The third-order valence-electron chi connectivity index (χ3n) is 2.70. The SMILES string of the molecule is CN(CCC(=O)O)C1=NS(=O)(=O)c2cc(F)ccc2N1. The molecule has 1 aromatic carbocycles. The third kappa shape index (κ3) is 2.87. The van der Waals surface area contributed by atoms with Gasteiger partial charge in [0.2, 0.25) is 5.96 Å². The van der Waals surface area contributed by atoms with Crippen molar-refractivity contribution in [3.05, 3.63) is 24.0 Å². The first-order valence-corrected chi connectivity index (χ1v) is 7.08. The maximum atomic E-state index is 13.1.